The lowest BCUT2D eigenvalue weighted by Crippen LogP contribution is -2.42. The smallest absolute Gasteiger partial charge is 0.161 e. The second kappa shape index (κ2) is 8.98. The lowest BCUT2D eigenvalue weighted by molar-refractivity contribution is 0.0489. The van der Waals surface area contributed by atoms with Gasteiger partial charge in [0.15, 0.2) is 21.3 Å². The Morgan fingerprint density at radius 1 is 1.25 bits per heavy atom. The van der Waals surface area contributed by atoms with Gasteiger partial charge >= 0.3 is 0 Å². The van der Waals surface area contributed by atoms with E-state index >= 15 is 0 Å². The van der Waals surface area contributed by atoms with Crippen molar-refractivity contribution in [1.82, 2.24) is 4.90 Å². The number of rotatable bonds is 9. The molecule has 0 saturated carbocycles. The van der Waals surface area contributed by atoms with Crippen LogP contribution in [0.2, 0.25) is 0 Å². The molecule has 1 saturated heterocycles. The number of aliphatic hydroxyl groups is 1. The molecule has 28 heavy (non-hydrogen) atoms. The van der Waals surface area contributed by atoms with Crippen LogP contribution >= 0.6 is 0 Å². The van der Waals surface area contributed by atoms with Gasteiger partial charge in [0.2, 0.25) is 0 Å². The first-order valence-corrected chi connectivity index (χ1v) is 11.1. The molecule has 2 aromatic rings. The van der Waals surface area contributed by atoms with Gasteiger partial charge in [0.1, 0.15) is 24.2 Å². The fourth-order valence-electron chi connectivity index (χ4n) is 3.42. The van der Waals surface area contributed by atoms with Gasteiger partial charge < -0.3 is 19.0 Å². The highest BCUT2D eigenvalue weighted by molar-refractivity contribution is 7.91. The zero-order chi connectivity index (χ0) is 20.1. The largest absolute Gasteiger partial charge is 0.493 e. The van der Waals surface area contributed by atoms with E-state index in [2.05, 4.69) is 0 Å². The molecule has 1 fully saturated rings. The minimum atomic E-state index is -3.03. The average molecular weight is 410 g/mol. The van der Waals surface area contributed by atoms with Crippen molar-refractivity contribution < 1.29 is 27.4 Å². The number of hydrogen-bond donors (Lipinski definition) is 1. The first-order chi connectivity index (χ1) is 13.4. The van der Waals surface area contributed by atoms with Crippen molar-refractivity contribution in [3.8, 4) is 11.5 Å². The molecular formula is C20H27NO6S. The predicted octanol–water partition coefficient (Wildman–Crippen LogP) is 2.03. The summed E-state index contributed by atoms with van der Waals surface area (Å²) in [6.45, 7) is 2.67. The molecule has 2 heterocycles. The molecule has 7 nitrogen and oxygen atoms in total. The van der Waals surface area contributed by atoms with E-state index in [1.807, 2.05) is 36.1 Å². The highest BCUT2D eigenvalue weighted by atomic mass is 32.2. The topological polar surface area (TPSA) is 89.2 Å². The van der Waals surface area contributed by atoms with Gasteiger partial charge in [0.25, 0.3) is 0 Å². The average Bonchev–Trinajstić information content (AvgIpc) is 3.24. The number of para-hydroxylation sites is 2. The Morgan fingerprint density at radius 2 is 2.00 bits per heavy atom. The Kier molecular flexibility index (Phi) is 6.64. The van der Waals surface area contributed by atoms with E-state index in [9.17, 15) is 13.5 Å². The van der Waals surface area contributed by atoms with Gasteiger partial charge in [-0.3, -0.25) is 4.90 Å². The molecular weight excluding hydrogens is 382 g/mol. The van der Waals surface area contributed by atoms with Gasteiger partial charge in [-0.25, -0.2) is 8.42 Å². The minimum absolute atomic E-state index is 0.0769. The quantitative estimate of drug-likeness (QED) is 0.678. The maximum Gasteiger partial charge on any atom is 0.161 e. The van der Waals surface area contributed by atoms with Gasteiger partial charge in [-0.2, -0.15) is 0 Å². The summed E-state index contributed by atoms with van der Waals surface area (Å²) in [6, 6.07) is 10.9. The first kappa shape index (κ1) is 20.7. The zero-order valence-corrected chi connectivity index (χ0v) is 17.0. The van der Waals surface area contributed by atoms with Crippen molar-refractivity contribution in [2.75, 3.05) is 31.8 Å². The molecule has 3 rings (SSSR count). The standard InChI is InChI=1S/C20H27NO6S/c1-15-7-8-18(27-15)12-21(16-9-10-28(23,24)14-16)11-17(22)13-26-20-6-4-3-5-19(20)25-2/h3-8,16-17,22H,9-14H2,1-2H3. The van der Waals surface area contributed by atoms with E-state index in [1.165, 1.54) is 0 Å². The van der Waals surface area contributed by atoms with Crippen molar-refractivity contribution in [2.45, 2.75) is 32.0 Å². The molecule has 1 aromatic carbocycles. The maximum atomic E-state index is 11.9. The lowest BCUT2D eigenvalue weighted by Gasteiger charge is -2.29. The van der Waals surface area contributed by atoms with Crippen LogP contribution in [0, 0.1) is 6.92 Å². The van der Waals surface area contributed by atoms with Crippen molar-refractivity contribution in [1.29, 1.82) is 0 Å². The van der Waals surface area contributed by atoms with Gasteiger partial charge in [0, 0.05) is 12.6 Å². The molecule has 2 atom stereocenters. The zero-order valence-electron chi connectivity index (χ0n) is 16.2. The summed E-state index contributed by atoms with van der Waals surface area (Å²) in [5, 5.41) is 10.5. The summed E-state index contributed by atoms with van der Waals surface area (Å²) in [7, 11) is -1.47. The summed E-state index contributed by atoms with van der Waals surface area (Å²) >= 11 is 0. The van der Waals surface area contributed by atoms with Crippen LogP contribution in [-0.2, 0) is 16.4 Å². The number of aliphatic hydroxyl groups excluding tert-OH is 1. The maximum absolute atomic E-state index is 11.9. The monoisotopic (exact) mass is 409 g/mol. The fraction of sp³-hybridized carbons (Fsp3) is 0.500. The van der Waals surface area contributed by atoms with E-state index in [4.69, 9.17) is 13.9 Å². The number of benzene rings is 1. The fourth-order valence-corrected chi connectivity index (χ4v) is 5.19. The van der Waals surface area contributed by atoms with Crippen LogP contribution in [0.5, 0.6) is 11.5 Å². The lowest BCUT2D eigenvalue weighted by atomic mass is 10.2. The highest BCUT2D eigenvalue weighted by Gasteiger charge is 2.33. The van der Waals surface area contributed by atoms with Crippen LogP contribution in [0.25, 0.3) is 0 Å². The number of furan rings is 1. The van der Waals surface area contributed by atoms with Gasteiger partial charge in [-0.1, -0.05) is 12.1 Å². The van der Waals surface area contributed by atoms with E-state index in [0.29, 0.717) is 24.5 Å². The summed E-state index contributed by atoms with van der Waals surface area (Å²) in [6.07, 6.45) is -0.230. The van der Waals surface area contributed by atoms with Crippen LogP contribution in [-0.4, -0.2) is 62.3 Å². The third kappa shape index (κ3) is 5.50. The summed E-state index contributed by atoms with van der Waals surface area (Å²) in [5.74, 6) is 2.99. The van der Waals surface area contributed by atoms with Crippen molar-refractivity contribution in [2.24, 2.45) is 0 Å². The predicted molar refractivity (Wildman–Crippen MR) is 105 cm³/mol. The molecule has 0 spiro atoms. The van der Waals surface area contributed by atoms with Gasteiger partial charge in [-0.05, 0) is 37.6 Å². The van der Waals surface area contributed by atoms with E-state index in [1.54, 1.807) is 19.2 Å². The molecule has 0 bridgehead atoms. The van der Waals surface area contributed by atoms with Crippen LogP contribution < -0.4 is 9.47 Å². The summed E-state index contributed by atoms with van der Waals surface area (Å²) < 4.78 is 40.4. The van der Waals surface area contributed by atoms with Crippen molar-refractivity contribution in [3.63, 3.8) is 0 Å². The number of methoxy groups -OCH3 is 1. The highest BCUT2D eigenvalue weighted by Crippen LogP contribution is 2.26. The molecule has 1 aliphatic heterocycles. The molecule has 1 N–H and O–H groups in total. The molecule has 1 aliphatic rings. The van der Waals surface area contributed by atoms with Crippen molar-refractivity contribution >= 4 is 9.84 Å². The molecule has 1 aromatic heterocycles. The Hall–Kier alpha value is -2.03. The van der Waals surface area contributed by atoms with Crippen molar-refractivity contribution in [3.05, 3.63) is 47.9 Å². The number of nitrogens with zero attached hydrogens (tertiary/aromatic N) is 1. The Balaban J connectivity index is 1.64. The SMILES string of the molecule is COc1ccccc1OCC(O)CN(Cc1ccc(C)o1)C1CCS(=O)(=O)C1. The minimum Gasteiger partial charge on any atom is -0.493 e. The number of aryl methyl sites for hydroxylation is 1. The first-order valence-electron chi connectivity index (χ1n) is 9.30. The molecule has 0 aliphatic carbocycles. The van der Waals surface area contributed by atoms with Gasteiger partial charge in [0.05, 0.1) is 25.2 Å². The number of sulfone groups is 1. The third-order valence-electron chi connectivity index (χ3n) is 4.83. The van der Waals surface area contributed by atoms with Crippen LogP contribution in [0.3, 0.4) is 0 Å². The molecule has 8 heteroatoms. The molecule has 0 amide bonds. The summed E-state index contributed by atoms with van der Waals surface area (Å²) in [5.41, 5.74) is 0. The third-order valence-corrected chi connectivity index (χ3v) is 6.58. The molecule has 0 radical (unpaired) electrons. The Labute approximate surface area is 165 Å². The Morgan fingerprint density at radius 3 is 2.61 bits per heavy atom. The number of hydrogen-bond acceptors (Lipinski definition) is 7. The summed E-state index contributed by atoms with van der Waals surface area (Å²) in [4.78, 5) is 1.97. The number of ether oxygens (including phenoxy) is 2. The van der Waals surface area contributed by atoms with Crippen LogP contribution in [0.1, 0.15) is 17.9 Å². The van der Waals surface area contributed by atoms with Gasteiger partial charge in [-0.15, -0.1) is 0 Å². The molecule has 2 unspecified atom stereocenters. The van der Waals surface area contributed by atoms with E-state index < -0.39 is 15.9 Å². The second-order valence-corrected chi connectivity index (χ2v) is 9.34. The normalized spacial score (nSPS) is 19.6. The molecule has 154 valence electrons. The van der Waals surface area contributed by atoms with Crippen LogP contribution in [0.4, 0.5) is 0 Å². The van der Waals surface area contributed by atoms with Crippen LogP contribution in [0.15, 0.2) is 40.8 Å². The second-order valence-electron chi connectivity index (χ2n) is 7.11. The Bertz CT molecular complexity index is 878. The van der Waals surface area contributed by atoms with E-state index in [0.717, 1.165) is 11.5 Å². The van der Waals surface area contributed by atoms with E-state index in [-0.39, 0.29) is 30.7 Å².